The zero-order valence-corrected chi connectivity index (χ0v) is 5.23. The van der Waals surface area contributed by atoms with Crippen LogP contribution in [0, 0.1) is 0 Å². The Labute approximate surface area is 54.5 Å². The molecule has 0 nitrogen and oxygen atoms in total. The Morgan fingerprint density at radius 2 is 2.14 bits per heavy atom. The van der Waals surface area contributed by atoms with E-state index >= 15 is 0 Å². The summed E-state index contributed by atoms with van der Waals surface area (Å²) < 4.78 is 2.04. The van der Waals surface area contributed by atoms with Crippen molar-refractivity contribution in [2.75, 3.05) is 0 Å². The fourth-order valence-corrected chi connectivity index (χ4v) is 0.359. The molecule has 0 aromatic rings. The van der Waals surface area contributed by atoms with Crippen molar-refractivity contribution in [3.05, 3.63) is 22.5 Å². The van der Waals surface area contributed by atoms with E-state index in [1.807, 2.05) is 29.4 Å². The monoisotopic (exact) mass is 88.1 g/mol. The number of rotatable bonds is 1. The van der Waals surface area contributed by atoms with Gasteiger partial charge in [-0.3, -0.25) is 0 Å². The third kappa shape index (κ3) is 3.92. The normalized spacial score (nSPS) is 13.4. The van der Waals surface area contributed by atoms with Crippen molar-refractivity contribution in [3.8, 4) is 0 Å². The summed E-state index contributed by atoms with van der Waals surface area (Å²) in [5.74, 6) is 0. The van der Waals surface area contributed by atoms with E-state index in [2.05, 4.69) is 19.1 Å². The van der Waals surface area contributed by atoms with E-state index in [-0.39, 0.29) is 0 Å². The fourth-order valence-electron chi connectivity index (χ4n) is 0.359. The molecule has 0 heterocycles. The maximum absolute atomic E-state index is 2.08. The molecule has 0 radical (unpaired) electrons. The molecule has 0 amide bonds. The van der Waals surface area contributed by atoms with Crippen molar-refractivity contribution in [3.63, 3.8) is 0 Å². The molecule has 34 valence electrons. The Morgan fingerprint density at radius 3 is 2.29 bits per heavy atom. The van der Waals surface area contributed by atoms with Crippen LogP contribution in [0.15, 0.2) is 22.5 Å². The second kappa shape index (κ2) is 4.24. The van der Waals surface area contributed by atoms with Gasteiger partial charge in [-0.25, -0.2) is 0 Å². The molecule has 0 saturated carbocycles. The van der Waals surface area contributed by atoms with Crippen molar-refractivity contribution in [2.45, 2.75) is 13.8 Å². The van der Waals surface area contributed by atoms with E-state index in [0.29, 0.717) is 0 Å². The fraction of sp³-hybridized carbons (Fsp3) is 0.333. The molecule has 0 aliphatic rings. The van der Waals surface area contributed by atoms with Gasteiger partial charge in [0.15, 0.2) is 0 Å². The number of allylic oxidation sites excluding steroid dienone is 3. The van der Waals surface area contributed by atoms with Gasteiger partial charge in [-0.05, 0) is 0 Å². The van der Waals surface area contributed by atoms with E-state index in [0.717, 1.165) is 0 Å². The molecule has 0 atom stereocenters. The Hall–Kier alpha value is 0.0774. The summed E-state index contributed by atoms with van der Waals surface area (Å²) in [5.41, 5.74) is 1.32. The molecule has 0 N–H and O–H groups in total. The molecule has 0 rings (SSSR count). The van der Waals surface area contributed by atoms with Crippen molar-refractivity contribution < 1.29 is 0 Å². The van der Waals surface area contributed by atoms with Gasteiger partial charge in [0.2, 0.25) is 0 Å². The van der Waals surface area contributed by atoms with Gasteiger partial charge in [-0.2, -0.15) is 0 Å². The topological polar surface area (TPSA) is 0 Å². The first-order valence-corrected chi connectivity index (χ1v) is 2.57. The van der Waals surface area contributed by atoms with Crippen LogP contribution in [0.4, 0.5) is 0 Å². The van der Waals surface area contributed by atoms with Gasteiger partial charge in [0.05, 0.1) is 0 Å². The summed E-state index contributed by atoms with van der Waals surface area (Å²) in [4.78, 5) is 0. The van der Waals surface area contributed by atoms with Crippen LogP contribution in [0.3, 0.4) is 0 Å². The minimum absolute atomic E-state index is 1.32. The van der Waals surface area contributed by atoms with Gasteiger partial charge in [-0.1, -0.05) is 0 Å². The average molecular weight is 88.1 g/mol. The van der Waals surface area contributed by atoms with Crippen LogP contribution >= 0.6 is 0 Å². The number of hydrogen-bond acceptors (Lipinski definition) is 0. The van der Waals surface area contributed by atoms with Gasteiger partial charge in [0, 0.05) is 0 Å². The Kier molecular flexibility index (Phi) is 4.29. The van der Waals surface area contributed by atoms with Crippen molar-refractivity contribution >= 4 is 17.7 Å². The second-order valence-electron chi connectivity index (χ2n) is 1.53. The van der Waals surface area contributed by atoms with Crippen LogP contribution < -0.4 is 0 Å². The molecule has 0 aliphatic heterocycles. The van der Waals surface area contributed by atoms with Gasteiger partial charge in [0.1, 0.15) is 0 Å². The van der Waals surface area contributed by atoms with Gasteiger partial charge in [0.25, 0.3) is 0 Å². The first kappa shape index (κ1) is 7.08. The molecule has 0 aromatic heterocycles. The van der Waals surface area contributed by atoms with E-state index < -0.39 is 0 Å². The predicted molar refractivity (Wildman–Crippen MR) is 34.3 cm³/mol. The minimum atomic E-state index is 1.32. The van der Waals surface area contributed by atoms with Crippen LogP contribution in [0.1, 0.15) is 13.8 Å². The Bertz CT molecular complexity index is 90.4. The van der Waals surface area contributed by atoms with Crippen molar-refractivity contribution in [2.24, 2.45) is 0 Å². The Morgan fingerprint density at radius 1 is 1.57 bits per heavy atom. The van der Waals surface area contributed by atoms with E-state index in [9.17, 15) is 0 Å². The van der Waals surface area contributed by atoms with Crippen LogP contribution in [-0.4, -0.2) is 17.7 Å². The quantitative estimate of drug-likeness (QED) is 0.337. The zero-order chi connectivity index (χ0) is 5.70. The molecule has 0 bridgehead atoms. The SMILES string of the molecule is [Li]/[CH]=C/C(C)=C/C. The van der Waals surface area contributed by atoms with Crippen LogP contribution in [-0.2, 0) is 0 Å². The second-order valence-corrected chi connectivity index (χ2v) is 1.53. The van der Waals surface area contributed by atoms with Crippen LogP contribution in [0.5, 0.6) is 0 Å². The van der Waals surface area contributed by atoms with E-state index in [1.54, 1.807) is 0 Å². The first-order chi connectivity index (χ1) is 3.31. The summed E-state index contributed by atoms with van der Waals surface area (Å²) >= 11 is 2.02. The van der Waals surface area contributed by atoms with Gasteiger partial charge < -0.3 is 0 Å². The molecule has 0 aliphatic carbocycles. The van der Waals surface area contributed by atoms with E-state index in [1.165, 1.54) is 5.57 Å². The standard InChI is InChI=1S/C6H9.Li/c1-4-6(3)5-2;/h1,4-5H,2-3H3;/b4-1?,6-5+;. The summed E-state index contributed by atoms with van der Waals surface area (Å²) in [5, 5.41) is 0. The maximum atomic E-state index is 2.08. The predicted octanol–water partition coefficient (Wildman–Crippen LogP) is 1.63. The molecule has 1 heteroatoms. The summed E-state index contributed by atoms with van der Waals surface area (Å²) in [6.45, 7) is 4.12. The van der Waals surface area contributed by atoms with Crippen LogP contribution in [0.2, 0.25) is 0 Å². The summed E-state index contributed by atoms with van der Waals surface area (Å²) in [6.07, 6.45) is 4.17. The third-order valence-electron chi connectivity index (χ3n) is 0.885. The summed E-state index contributed by atoms with van der Waals surface area (Å²) in [6, 6.07) is 0. The van der Waals surface area contributed by atoms with Gasteiger partial charge >= 0.3 is 54.0 Å². The average Bonchev–Trinajstić information content (AvgIpc) is 1.68. The molecule has 0 unspecified atom stereocenters. The molecular formula is C6H9Li. The molecule has 7 heavy (non-hydrogen) atoms. The first-order valence-electron chi connectivity index (χ1n) is 2.57. The molecule has 0 spiro atoms. The molecule has 0 aromatic carbocycles. The van der Waals surface area contributed by atoms with E-state index in [4.69, 9.17) is 0 Å². The van der Waals surface area contributed by atoms with Crippen LogP contribution in [0.25, 0.3) is 0 Å². The third-order valence-corrected chi connectivity index (χ3v) is 0.885. The van der Waals surface area contributed by atoms with Crippen molar-refractivity contribution in [1.82, 2.24) is 0 Å². The number of hydrogen-bond donors (Lipinski definition) is 0. The molecule has 0 saturated heterocycles. The molecular weight excluding hydrogens is 79.0 g/mol. The Balaban J connectivity index is 3.58. The van der Waals surface area contributed by atoms with Gasteiger partial charge in [-0.15, -0.1) is 0 Å². The zero-order valence-electron chi connectivity index (χ0n) is 5.23. The molecule has 0 fully saturated rings. The summed E-state index contributed by atoms with van der Waals surface area (Å²) in [7, 11) is 0. The van der Waals surface area contributed by atoms with Crippen molar-refractivity contribution in [1.29, 1.82) is 0 Å².